The van der Waals surface area contributed by atoms with Crippen molar-refractivity contribution in [2.75, 3.05) is 0 Å². The third-order valence-electron chi connectivity index (χ3n) is 27.3. The molecule has 0 saturated carbocycles. The van der Waals surface area contributed by atoms with Crippen LogP contribution >= 0.6 is 0 Å². The predicted molar refractivity (Wildman–Crippen MR) is 576 cm³/mol. The van der Waals surface area contributed by atoms with Gasteiger partial charge in [0.05, 0.1) is 5.41 Å². The molecule has 28 rings (SSSR count). The molecule has 0 amide bonds. The molecule has 0 N–H and O–H groups in total. The normalized spacial score (nSPS) is 12.0. The van der Waals surface area contributed by atoms with Crippen molar-refractivity contribution in [3.8, 4) is 147 Å². The third kappa shape index (κ3) is 14.9. The number of hydrogen-bond donors (Lipinski definition) is 0. The van der Waals surface area contributed by atoms with Crippen molar-refractivity contribution in [2.24, 2.45) is 0 Å². The van der Waals surface area contributed by atoms with Gasteiger partial charge in [0.15, 0.2) is 52.4 Å². The Morgan fingerprint density at radius 1 is 0.148 bits per heavy atom. The zero-order valence-corrected chi connectivity index (χ0v) is 76.5. The van der Waals surface area contributed by atoms with Gasteiger partial charge in [-0.1, -0.05) is 443 Å². The summed E-state index contributed by atoms with van der Waals surface area (Å²) in [6.45, 7) is 0. The zero-order valence-electron chi connectivity index (χ0n) is 76.5. The molecule has 12 heteroatoms. The van der Waals surface area contributed by atoms with Crippen molar-refractivity contribution in [2.45, 2.75) is 5.41 Å². The molecular weight excluding hydrogens is 1740 g/mol. The van der Waals surface area contributed by atoms with Crippen molar-refractivity contribution in [3.05, 3.63) is 514 Å². The maximum Gasteiger partial charge on any atom is 0.164 e. The van der Waals surface area contributed by atoms with E-state index in [1.54, 1.807) is 0 Å². The van der Waals surface area contributed by atoms with Crippen molar-refractivity contribution in [3.63, 3.8) is 0 Å². The lowest BCUT2D eigenvalue weighted by Gasteiger charge is -2.34. The summed E-state index contributed by atoms with van der Waals surface area (Å²) in [5.74, 6) is 5.75. The van der Waals surface area contributed by atoms with Gasteiger partial charge >= 0.3 is 0 Å². The lowest BCUT2D eigenvalue weighted by atomic mass is 9.67. The van der Waals surface area contributed by atoms with Crippen molar-refractivity contribution < 1.29 is 13.3 Å². The standard InChI is InChI=1S/C56H35N3O.2C37H23N3O/c1-4-15-37(16-5-1)53-57-54(38-29-27-36(28-30-38)42-23-14-24-47-43(42)33-34-48-46-22-11-13-26-51(46)60-52(47)48)59-55(58-53)39-31-32-45-44-21-10-12-25-49(44)56(50(45)35-39,40-17-6-2-7-18-40)41-19-8-3-9-20-41;1-3-11-25(12-4-1)35-38-36(26-13-5-2-6-14-26)40-37(39-35)28-17-9-16-27(23-28)29-19-10-15-24-21-22-31-30-18-7-8-20-32(30)41-34(31)33(24)29;1-3-10-26(11-4-1)35-38-36(27-12-5-2-6-13-27)40-37(39-35)28-20-18-24(19-21-28)29-16-9-14-25-22-23-31-30-15-7-8-17-32(30)41-34(31)33(25)29/h1-35H;2*1-23H. The Labute approximate surface area is 816 Å². The number of hydrogen-bond acceptors (Lipinski definition) is 12. The van der Waals surface area contributed by atoms with Crippen LogP contribution in [0.15, 0.2) is 505 Å². The summed E-state index contributed by atoms with van der Waals surface area (Å²) in [5.41, 5.74) is 27.4. The third-order valence-corrected chi connectivity index (χ3v) is 27.3. The van der Waals surface area contributed by atoms with Crippen LogP contribution in [-0.4, -0.2) is 44.9 Å². The highest BCUT2D eigenvalue weighted by atomic mass is 16.3. The first-order chi connectivity index (χ1) is 70.4. The first kappa shape index (κ1) is 83.4. The quantitative estimate of drug-likeness (QED) is 0.102. The summed E-state index contributed by atoms with van der Waals surface area (Å²) in [6.07, 6.45) is 0. The SMILES string of the molecule is c1ccc(-c2nc(-c3ccc(-c4cccc5c4ccc4c6ccccc6oc54)cc3)nc(-c3ccc4c(c3)C(c3ccccc3)(c3ccccc3)c3ccccc3-4)n2)cc1.c1ccc(-c2nc(-c3ccccc3)nc(-c3ccc(-c4cccc5ccc6c7ccccc7oc6c45)cc3)n2)cc1.c1ccc(-c2nc(-c3ccccc3)nc(-c3cccc(-c4cccc5ccc6c7ccccc7oc6c45)c3)n2)cc1. The fourth-order valence-corrected chi connectivity index (χ4v) is 20.6. The molecule has 12 nitrogen and oxygen atoms in total. The van der Waals surface area contributed by atoms with E-state index in [1.807, 2.05) is 176 Å². The monoisotopic (exact) mass is 1820 g/mol. The molecule has 0 bridgehead atoms. The Bertz CT molecular complexity index is 9360. The van der Waals surface area contributed by atoms with Crippen LogP contribution in [0.2, 0.25) is 0 Å². The smallest absolute Gasteiger partial charge is 0.164 e. The molecule has 0 atom stereocenters. The van der Waals surface area contributed by atoms with Crippen LogP contribution in [0.4, 0.5) is 0 Å². The summed E-state index contributed by atoms with van der Waals surface area (Å²) in [7, 11) is 0. The molecule has 27 aromatic rings. The van der Waals surface area contributed by atoms with Crippen LogP contribution in [0.1, 0.15) is 22.3 Å². The maximum atomic E-state index is 6.44. The van der Waals surface area contributed by atoms with E-state index in [-0.39, 0.29) is 0 Å². The Balaban J connectivity index is 0.000000112. The fraction of sp³-hybridized carbons (Fsp3) is 0.00769. The van der Waals surface area contributed by atoms with E-state index in [0.29, 0.717) is 52.4 Å². The van der Waals surface area contributed by atoms with E-state index < -0.39 is 5.41 Å². The van der Waals surface area contributed by atoms with Crippen molar-refractivity contribution in [1.82, 2.24) is 44.9 Å². The van der Waals surface area contributed by atoms with Gasteiger partial charge in [0, 0.05) is 98.5 Å². The molecule has 1 aliphatic rings. The summed E-state index contributed by atoms with van der Waals surface area (Å²) in [6, 6.07) is 170. The Kier molecular flexibility index (Phi) is 20.9. The molecule has 6 heterocycles. The second-order valence-corrected chi connectivity index (χ2v) is 35.6. The van der Waals surface area contributed by atoms with E-state index in [4.69, 9.17) is 58.1 Å². The van der Waals surface area contributed by atoms with Crippen molar-refractivity contribution >= 4 is 98.1 Å². The van der Waals surface area contributed by atoms with Crippen LogP contribution in [0, 0.1) is 0 Å². The number of aromatic nitrogens is 9. The number of fused-ring (bicyclic) bond motifs is 18. The van der Waals surface area contributed by atoms with Gasteiger partial charge in [-0.25, -0.2) is 44.9 Å². The summed E-state index contributed by atoms with van der Waals surface area (Å²) in [5, 5.41) is 13.5. The minimum Gasteiger partial charge on any atom is -0.455 e. The molecule has 6 aromatic heterocycles. The van der Waals surface area contributed by atoms with E-state index in [1.165, 1.54) is 33.4 Å². The summed E-state index contributed by atoms with van der Waals surface area (Å²) >= 11 is 0. The van der Waals surface area contributed by atoms with Gasteiger partial charge in [0.1, 0.15) is 33.5 Å². The van der Waals surface area contributed by atoms with E-state index in [9.17, 15) is 0 Å². The highest BCUT2D eigenvalue weighted by Crippen LogP contribution is 2.57. The van der Waals surface area contributed by atoms with Crippen LogP contribution in [0.25, 0.3) is 245 Å². The largest absolute Gasteiger partial charge is 0.455 e. The Morgan fingerprint density at radius 3 is 0.859 bits per heavy atom. The molecule has 0 fully saturated rings. The van der Waals surface area contributed by atoms with Gasteiger partial charge in [-0.15, -0.1) is 0 Å². The van der Waals surface area contributed by atoms with Crippen LogP contribution in [-0.2, 0) is 5.41 Å². The van der Waals surface area contributed by atoms with Gasteiger partial charge in [-0.05, 0) is 131 Å². The Morgan fingerprint density at radius 2 is 0.415 bits per heavy atom. The number of nitrogens with zero attached hydrogens (tertiary/aromatic N) is 9. The molecule has 0 spiro atoms. The number of benzene rings is 21. The van der Waals surface area contributed by atoms with Gasteiger partial charge < -0.3 is 13.3 Å². The van der Waals surface area contributed by atoms with E-state index in [0.717, 1.165) is 182 Å². The molecule has 664 valence electrons. The second kappa shape index (κ2) is 35.5. The fourth-order valence-electron chi connectivity index (χ4n) is 20.6. The summed E-state index contributed by atoms with van der Waals surface area (Å²) < 4.78 is 19.2. The van der Waals surface area contributed by atoms with E-state index >= 15 is 0 Å². The number of rotatable bonds is 14. The van der Waals surface area contributed by atoms with Crippen molar-refractivity contribution in [1.29, 1.82) is 0 Å². The lowest BCUT2D eigenvalue weighted by molar-refractivity contribution is 0.672. The van der Waals surface area contributed by atoms with E-state index in [2.05, 4.69) is 315 Å². The first-order valence-corrected chi connectivity index (χ1v) is 47.6. The first-order valence-electron chi connectivity index (χ1n) is 47.6. The molecule has 0 saturated heterocycles. The van der Waals surface area contributed by atoms with Gasteiger partial charge in [-0.2, -0.15) is 0 Å². The summed E-state index contributed by atoms with van der Waals surface area (Å²) in [4.78, 5) is 44.8. The lowest BCUT2D eigenvalue weighted by Crippen LogP contribution is -2.28. The molecule has 1 aliphatic carbocycles. The number of para-hydroxylation sites is 3. The average Bonchev–Trinajstić information content (AvgIpc) is 1.54. The van der Waals surface area contributed by atoms with Crippen LogP contribution < -0.4 is 0 Å². The molecule has 0 radical (unpaired) electrons. The topological polar surface area (TPSA) is 155 Å². The minimum absolute atomic E-state index is 0.532. The highest BCUT2D eigenvalue weighted by Gasteiger charge is 2.46. The highest BCUT2D eigenvalue weighted by molar-refractivity contribution is 6.21. The Hall–Kier alpha value is -19.2. The molecule has 21 aromatic carbocycles. The average molecular weight is 1820 g/mol. The second-order valence-electron chi connectivity index (χ2n) is 35.6. The predicted octanol–water partition coefficient (Wildman–Crippen LogP) is 33.1. The minimum atomic E-state index is -0.532. The zero-order chi connectivity index (χ0) is 94.0. The van der Waals surface area contributed by atoms with Gasteiger partial charge in [0.25, 0.3) is 0 Å². The van der Waals surface area contributed by atoms with Crippen LogP contribution in [0.5, 0.6) is 0 Å². The maximum absolute atomic E-state index is 6.44. The molecule has 142 heavy (non-hydrogen) atoms. The molecule has 0 aliphatic heterocycles. The van der Waals surface area contributed by atoms with Gasteiger partial charge in [-0.3, -0.25) is 0 Å². The molecular formula is C130H81N9O3. The van der Waals surface area contributed by atoms with Crippen LogP contribution in [0.3, 0.4) is 0 Å². The number of furan rings is 3. The molecule has 0 unspecified atom stereocenters. The van der Waals surface area contributed by atoms with Gasteiger partial charge in [0.2, 0.25) is 0 Å².